The molecule has 1 aliphatic carbocycles. The summed E-state index contributed by atoms with van der Waals surface area (Å²) in [5.74, 6) is 0. The fraction of sp³-hybridized carbons (Fsp3) is 0.467. The fourth-order valence-electron chi connectivity index (χ4n) is 2.58. The maximum absolute atomic E-state index is 10.8. The van der Waals surface area contributed by atoms with Crippen LogP contribution in [0.15, 0.2) is 30.3 Å². The van der Waals surface area contributed by atoms with Crippen molar-refractivity contribution in [1.29, 1.82) is 0 Å². The number of nitro benzene ring substituents is 1. The maximum atomic E-state index is 10.8. The van der Waals surface area contributed by atoms with Gasteiger partial charge in [-0.3, -0.25) is 10.1 Å². The Morgan fingerprint density at radius 3 is 2.75 bits per heavy atom. The van der Waals surface area contributed by atoms with Gasteiger partial charge in [0.25, 0.3) is 5.69 Å². The molecule has 0 atom stereocenters. The van der Waals surface area contributed by atoms with E-state index in [9.17, 15) is 15.2 Å². The topological polar surface area (TPSA) is 75.4 Å². The zero-order chi connectivity index (χ0) is 14.4. The predicted molar refractivity (Wildman–Crippen MR) is 78.4 cm³/mol. The molecule has 20 heavy (non-hydrogen) atoms. The highest BCUT2D eigenvalue weighted by atomic mass is 16.6. The van der Waals surface area contributed by atoms with Crippen LogP contribution in [0.4, 0.5) is 5.69 Å². The van der Waals surface area contributed by atoms with E-state index in [4.69, 9.17) is 0 Å². The first-order valence-electron chi connectivity index (χ1n) is 6.94. The molecular formula is C15H20N2O3. The lowest BCUT2D eigenvalue weighted by molar-refractivity contribution is -0.385. The third-order valence-corrected chi connectivity index (χ3v) is 3.68. The largest absolute Gasteiger partial charge is 0.389 e. The Kier molecular flexibility index (Phi) is 4.87. The van der Waals surface area contributed by atoms with E-state index >= 15 is 0 Å². The molecular weight excluding hydrogens is 256 g/mol. The molecule has 0 heterocycles. The van der Waals surface area contributed by atoms with Gasteiger partial charge in [-0.25, -0.2) is 0 Å². The molecule has 1 saturated carbocycles. The number of para-hydroxylation sites is 1. The molecule has 0 saturated heterocycles. The molecule has 5 heteroatoms. The van der Waals surface area contributed by atoms with Crippen LogP contribution in [0, 0.1) is 10.1 Å². The first-order valence-corrected chi connectivity index (χ1v) is 6.94. The lowest BCUT2D eigenvalue weighted by Gasteiger charge is -2.21. The standard InChI is InChI=1S/C15H20N2O3/c18-15(9-3-4-10-15)12-16-11-5-7-13-6-1-2-8-14(13)17(19)20/h1-2,5-8,16,18H,3-4,9-12H2/b7-5+. The van der Waals surface area contributed by atoms with E-state index in [1.165, 1.54) is 6.07 Å². The number of aliphatic hydroxyl groups is 1. The molecule has 0 radical (unpaired) electrons. The molecule has 2 rings (SSSR count). The minimum absolute atomic E-state index is 0.109. The van der Waals surface area contributed by atoms with Crippen LogP contribution in [0.5, 0.6) is 0 Å². The third-order valence-electron chi connectivity index (χ3n) is 3.68. The molecule has 0 aromatic heterocycles. The number of nitro groups is 1. The van der Waals surface area contributed by atoms with Gasteiger partial charge in [-0.2, -0.15) is 0 Å². The molecule has 0 aliphatic heterocycles. The van der Waals surface area contributed by atoms with Gasteiger partial charge in [-0.1, -0.05) is 37.1 Å². The summed E-state index contributed by atoms with van der Waals surface area (Å²) < 4.78 is 0. The smallest absolute Gasteiger partial charge is 0.276 e. The van der Waals surface area contributed by atoms with Gasteiger partial charge in [0.1, 0.15) is 0 Å². The van der Waals surface area contributed by atoms with Crippen molar-refractivity contribution in [2.45, 2.75) is 31.3 Å². The van der Waals surface area contributed by atoms with Crippen molar-refractivity contribution in [2.24, 2.45) is 0 Å². The zero-order valence-electron chi connectivity index (χ0n) is 11.4. The first-order chi connectivity index (χ1) is 9.61. The average Bonchev–Trinajstić information content (AvgIpc) is 2.86. The second-order valence-corrected chi connectivity index (χ2v) is 5.28. The highest BCUT2D eigenvalue weighted by Crippen LogP contribution is 2.28. The van der Waals surface area contributed by atoms with Crippen molar-refractivity contribution >= 4 is 11.8 Å². The van der Waals surface area contributed by atoms with Crippen LogP contribution in [-0.4, -0.2) is 28.7 Å². The number of nitrogens with zero attached hydrogens (tertiary/aromatic N) is 1. The van der Waals surface area contributed by atoms with Crippen LogP contribution in [0.1, 0.15) is 31.2 Å². The van der Waals surface area contributed by atoms with Gasteiger partial charge in [-0.05, 0) is 18.9 Å². The van der Waals surface area contributed by atoms with Crippen LogP contribution in [0.25, 0.3) is 6.08 Å². The minimum Gasteiger partial charge on any atom is -0.389 e. The van der Waals surface area contributed by atoms with E-state index in [1.807, 2.05) is 6.08 Å². The second-order valence-electron chi connectivity index (χ2n) is 5.28. The van der Waals surface area contributed by atoms with Crippen molar-refractivity contribution in [2.75, 3.05) is 13.1 Å². The summed E-state index contributed by atoms with van der Waals surface area (Å²) in [5.41, 5.74) is 0.143. The van der Waals surface area contributed by atoms with Gasteiger partial charge in [0.2, 0.25) is 0 Å². The quantitative estimate of drug-likeness (QED) is 0.475. The highest BCUT2D eigenvalue weighted by molar-refractivity contribution is 5.60. The number of benzene rings is 1. The summed E-state index contributed by atoms with van der Waals surface area (Å²) in [6.07, 6.45) is 7.47. The minimum atomic E-state index is -0.563. The molecule has 0 bridgehead atoms. The zero-order valence-corrected chi connectivity index (χ0v) is 11.4. The van der Waals surface area contributed by atoms with Crippen molar-refractivity contribution in [3.8, 4) is 0 Å². The summed E-state index contributed by atoms with van der Waals surface area (Å²) in [7, 11) is 0. The Morgan fingerprint density at radius 1 is 1.35 bits per heavy atom. The predicted octanol–water partition coefficient (Wildman–Crippen LogP) is 2.50. The van der Waals surface area contributed by atoms with Crippen LogP contribution in [0.3, 0.4) is 0 Å². The third kappa shape index (κ3) is 3.88. The van der Waals surface area contributed by atoms with Gasteiger partial charge in [-0.15, -0.1) is 0 Å². The van der Waals surface area contributed by atoms with E-state index in [-0.39, 0.29) is 10.6 Å². The lowest BCUT2D eigenvalue weighted by atomic mass is 10.0. The monoisotopic (exact) mass is 276 g/mol. The molecule has 1 aromatic rings. The van der Waals surface area contributed by atoms with Crippen molar-refractivity contribution in [3.63, 3.8) is 0 Å². The Bertz CT molecular complexity index is 494. The van der Waals surface area contributed by atoms with Gasteiger partial charge in [0.05, 0.1) is 16.1 Å². The number of hydrogen-bond acceptors (Lipinski definition) is 4. The van der Waals surface area contributed by atoms with E-state index in [1.54, 1.807) is 24.3 Å². The molecule has 0 unspecified atom stereocenters. The summed E-state index contributed by atoms with van der Waals surface area (Å²) in [4.78, 5) is 10.5. The molecule has 0 spiro atoms. The van der Waals surface area contributed by atoms with Crippen LogP contribution in [0.2, 0.25) is 0 Å². The SMILES string of the molecule is O=[N+]([O-])c1ccccc1/C=C/CNCC1(O)CCCC1. The van der Waals surface area contributed by atoms with E-state index in [0.29, 0.717) is 18.7 Å². The maximum Gasteiger partial charge on any atom is 0.276 e. The Balaban J connectivity index is 1.83. The van der Waals surface area contributed by atoms with Gasteiger partial charge in [0.15, 0.2) is 0 Å². The number of rotatable bonds is 6. The lowest BCUT2D eigenvalue weighted by Crippen LogP contribution is -2.37. The molecule has 108 valence electrons. The van der Waals surface area contributed by atoms with E-state index in [0.717, 1.165) is 25.7 Å². The Labute approximate surface area is 118 Å². The summed E-state index contributed by atoms with van der Waals surface area (Å²) in [5, 5.41) is 24.2. The van der Waals surface area contributed by atoms with Gasteiger partial charge in [0, 0.05) is 19.2 Å². The Hall–Kier alpha value is -1.72. The van der Waals surface area contributed by atoms with Crippen molar-refractivity contribution in [3.05, 3.63) is 46.0 Å². The molecule has 5 nitrogen and oxygen atoms in total. The Morgan fingerprint density at radius 2 is 2.05 bits per heavy atom. The van der Waals surface area contributed by atoms with Crippen LogP contribution >= 0.6 is 0 Å². The summed E-state index contributed by atoms with van der Waals surface area (Å²) in [6.45, 7) is 1.17. The molecule has 1 aliphatic rings. The first kappa shape index (κ1) is 14.7. The number of nitrogens with one attached hydrogen (secondary N) is 1. The molecule has 1 aromatic carbocycles. The van der Waals surface area contributed by atoms with E-state index < -0.39 is 5.60 Å². The second kappa shape index (κ2) is 6.63. The molecule has 1 fully saturated rings. The average molecular weight is 276 g/mol. The summed E-state index contributed by atoms with van der Waals surface area (Å²) in [6, 6.07) is 6.65. The van der Waals surface area contributed by atoms with Crippen LogP contribution < -0.4 is 5.32 Å². The fourth-order valence-corrected chi connectivity index (χ4v) is 2.58. The van der Waals surface area contributed by atoms with Gasteiger partial charge < -0.3 is 10.4 Å². The normalized spacial score (nSPS) is 17.6. The number of hydrogen-bond donors (Lipinski definition) is 2. The van der Waals surface area contributed by atoms with Crippen LogP contribution in [-0.2, 0) is 0 Å². The highest BCUT2D eigenvalue weighted by Gasteiger charge is 2.30. The van der Waals surface area contributed by atoms with E-state index in [2.05, 4.69) is 5.32 Å². The molecule has 2 N–H and O–H groups in total. The molecule has 0 amide bonds. The van der Waals surface area contributed by atoms with Crippen molar-refractivity contribution in [1.82, 2.24) is 5.32 Å². The summed E-state index contributed by atoms with van der Waals surface area (Å²) >= 11 is 0. The van der Waals surface area contributed by atoms with Crippen molar-refractivity contribution < 1.29 is 10.0 Å². The van der Waals surface area contributed by atoms with Gasteiger partial charge >= 0.3 is 0 Å².